The molecule has 0 fully saturated rings. The van der Waals surface area contributed by atoms with E-state index in [2.05, 4.69) is 19.9 Å². The first kappa shape index (κ1) is 21.4. The Labute approximate surface area is 212 Å². The standard InChI is InChI=1S/C28H18N6O2S/c35-37(36)28-29-21-15-7-8-16-22(21)33(28)23-17-9-10-18-24(23)34(37)27-31-25(19-11-3-1-4-12-19)30-26(32-27)20-13-5-2-6-14-20/h1-18H. The highest BCUT2D eigenvalue weighted by Crippen LogP contribution is 2.42. The lowest BCUT2D eigenvalue weighted by molar-refractivity contribution is 0.581. The molecule has 0 bridgehead atoms. The van der Waals surface area contributed by atoms with Crippen molar-refractivity contribution in [2.24, 2.45) is 0 Å². The van der Waals surface area contributed by atoms with E-state index in [4.69, 9.17) is 0 Å². The molecule has 178 valence electrons. The van der Waals surface area contributed by atoms with Crippen molar-refractivity contribution >= 4 is 32.7 Å². The average Bonchev–Trinajstić information content (AvgIpc) is 3.35. The summed E-state index contributed by atoms with van der Waals surface area (Å²) in [4.78, 5) is 18.5. The smallest absolute Gasteiger partial charge is 0.280 e. The van der Waals surface area contributed by atoms with Crippen LogP contribution in [0.3, 0.4) is 0 Å². The lowest BCUT2D eigenvalue weighted by atomic mass is 10.2. The Morgan fingerprint density at radius 3 is 1.73 bits per heavy atom. The molecule has 0 saturated carbocycles. The molecule has 8 nitrogen and oxygen atoms in total. The first-order valence-electron chi connectivity index (χ1n) is 11.6. The summed E-state index contributed by atoms with van der Waals surface area (Å²) in [5, 5.41) is -0.0877. The molecule has 1 aliphatic rings. The predicted octanol–water partition coefficient (Wildman–Crippen LogP) is 5.38. The summed E-state index contributed by atoms with van der Waals surface area (Å²) < 4.78 is 31.2. The molecular weight excluding hydrogens is 484 g/mol. The second-order valence-electron chi connectivity index (χ2n) is 8.49. The highest BCUT2D eigenvalue weighted by Gasteiger charge is 2.41. The molecule has 0 atom stereocenters. The summed E-state index contributed by atoms with van der Waals surface area (Å²) in [5.41, 5.74) is 3.89. The normalized spacial score (nSPS) is 13.8. The van der Waals surface area contributed by atoms with E-state index in [1.54, 1.807) is 22.8 Å². The molecule has 2 aromatic heterocycles. The van der Waals surface area contributed by atoms with E-state index in [1.165, 1.54) is 4.31 Å². The van der Waals surface area contributed by atoms with Crippen molar-refractivity contribution in [3.8, 4) is 28.5 Å². The fourth-order valence-corrected chi connectivity index (χ4v) is 6.06. The van der Waals surface area contributed by atoms with E-state index in [0.29, 0.717) is 34.1 Å². The van der Waals surface area contributed by atoms with Crippen molar-refractivity contribution in [1.82, 2.24) is 24.5 Å². The van der Waals surface area contributed by atoms with Gasteiger partial charge in [0, 0.05) is 11.1 Å². The van der Waals surface area contributed by atoms with E-state index in [-0.39, 0.29) is 11.1 Å². The van der Waals surface area contributed by atoms with Crippen molar-refractivity contribution in [3.05, 3.63) is 109 Å². The Bertz CT molecular complexity index is 1850. The number of fused-ring (bicyclic) bond motifs is 5. The van der Waals surface area contributed by atoms with Gasteiger partial charge < -0.3 is 0 Å². The van der Waals surface area contributed by atoms with Crippen LogP contribution in [0, 0.1) is 0 Å². The van der Waals surface area contributed by atoms with Gasteiger partial charge in [-0.25, -0.2) is 9.97 Å². The summed E-state index contributed by atoms with van der Waals surface area (Å²) in [6.45, 7) is 0. The molecule has 9 heteroatoms. The maximum atomic E-state index is 14.2. The molecule has 0 aliphatic carbocycles. The topological polar surface area (TPSA) is 93.9 Å². The minimum atomic E-state index is -4.18. The molecule has 0 amide bonds. The molecule has 0 saturated heterocycles. The quantitative estimate of drug-likeness (QED) is 0.322. The fourth-order valence-electron chi connectivity index (χ4n) is 4.55. The van der Waals surface area contributed by atoms with E-state index >= 15 is 0 Å². The van der Waals surface area contributed by atoms with Gasteiger partial charge in [-0.15, -0.1) is 0 Å². The molecular formula is C28H18N6O2S. The number of sulfonamides is 1. The van der Waals surface area contributed by atoms with Gasteiger partial charge in [-0.3, -0.25) is 4.57 Å². The number of para-hydroxylation sites is 4. The van der Waals surface area contributed by atoms with Crippen LogP contribution in [0.1, 0.15) is 0 Å². The number of hydrogen-bond acceptors (Lipinski definition) is 6. The van der Waals surface area contributed by atoms with Gasteiger partial charge in [0.1, 0.15) is 0 Å². The third-order valence-electron chi connectivity index (χ3n) is 6.21. The molecule has 4 aromatic carbocycles. The molecule has 1 aliphatic heterocycles. The van der Waals surface area contributed by atoms with Crippen LogP contribution in [-0.4, -0.2) is 32.9 Å². The van der Waals surface area contributed by atoms with Gasteiger partial charge in [0.2, 0.25) is 5.95 Å². The van der Waals surface area contributed by atoms with Crippen molar-refractivity contribution in [3.63, 3.8) is 0 Å². The SMILES string of the molecule is O=S1(=O)c2nc3ccccc3n2-c2ccccc2N1c1nc(-c2ccccc2)nc(-c2ccccc2)n1. The van der Waals surface area contributed by atoms with Crippen LogP contribution in [0.4, 0.5) is 11.6 Å². The first-order chi connectivity index (χ1) is 18.1. The van der Waals surface area contributed by atoms with Gasteiger partial charge in [0.25, 0.3) is 5.16 Å². The Morgan fingerprint density at radius 2 is 1.08 bits per heavy atom. The van der Waals surface area contributed by atoms with Crippen LogP contribution < -0.4 is 4.31 Å². The third kappa shape index (κ3) is 3.32. The van der Waals surface area contributed by atoms with E-state index in [9.17, 15) is 8.42 Å². The zero-order valence-electron chi connectivity index (χ0n) is 19.3. The summed E-state index contributed by atoms with van der Waals surface area (Å²) >= 11 is 0. The van der Waals surface area contributed by atoms with Gasteiger partial charge in [-0.05, 0) is 24.3 Å². The Morgan fingerprint density at radius 1 is 0.541 bits per heavy atom. The molecule has 0 radical (unpaired) electrons. The predicted molar refractivity (Wildman–Crippen MR) is 141 cm³/mol. The number of anilines is 2. The van der Waals surface area contributed by atoms with Crippen LogP contribution in [-0.2, 0) is 10.0 Å². The second kappa shape index (κ2) is 8.07. The molecule has 0 unspecified atom stereocenters. The van der Waals surface area contributed by atoms with Crippen molar-refractivity contribution < 1.29 is 8.42 Å². The number of imidazole rings is 1. The third-order valence-corrected chi connectivity index (χ3v) is 7.79. The van der Waals surface area contributed by atoms with Crippen LogP contribution in [0.5, 0.6) is 0 Å². The summed E-state index contributed by atoms with van der Waals surface area (Å²) in [7, 11) is -4.18. The van der Waals surface area contributed by atoms with Crippen LogP contribution >= 0.6 is 0 Å². The molecule has 37 heavy (non-hydrogen) atoms. The molecule has 7 rings (SSSR count). The lowest BCUT2D eigenvalue weighted by Gasteiger charge is -2.29. The van der Waals surface area contributed by atoms with Crippen molar-refractivity contribution in [1.29, 1.82) is 0 Å². The molecule has 3 heterocycles. The van der Waals surface area contributed by atoms with E-state index < -0.39 is 10.0 Å². The highest BCUT2D eigenvalue weighted by atomic mass is 32.2. The zero-order chi connectivity index (χ0) is 25.0. The number of aromatic nitrogens is 5. The molecule has 0 N–H and O–H groups in total. The molecule has 6 aromatic rings. The maximum Gasteiger partial charge on any atom is 0.305 e. The number of rotatable bonds is 3. The highest BCUT2D eigenvalue weighted by molar-refractivity contribution is 7.93. The summed E-state index contributed by atoms with van der Waals surface area (Å²) in [6, 6.07) is 33.5. The van der Waals surface area contributed by atoms with Crippen LogP contribution in [0.2, 0.25) is 0 Å². The van der Waals surface area contributed by atoms with Gasteiger partial charge in [0.15, 0.2) is 11.6 Å². The maximum absolute atomic E-state index is 14.2. The number of hydrogen-bond donors (Lipinski definition) is 0. The Hall–Kier alpha value is -4.89. The summed E-state index contributed by atoms with van der Waals surface area (Å²) in [5.74, 6) is 0.742. The Kier molecular flexibility index (Phi) is 4.67. The number of nitrogens with zero attached hydrogens (tertiary/aromatic N) is 6. The minimum absolute atomic E-state index is 0.00142. The zero-order valence-corrected chi connectivity index (χ0v) is 20.1. The average molecular weight is 503 g/mol. The van der Waals surface area contributed by atoms with E-state index in [0.717, 1.165) is 11.1 Å². The largest absolute Gasteiger partial charge is 0.305 e. The summed E-state index contributed by atoms with van der Waals surface area (Å²) in [6.07, 6.45) is 0. The first-order valence-corrected chi connectivity index (χ1v) is 13.0. The van der Waals surface area contributed by atoms with Gasteiger partial charge in [-0.1, -0.05) is 84.9 Å². The Balaban J connectivity index is 1.52. The monoisotopic (exact) mass is 502 g/mol. The minimum Gasteiger partial charge on any atom is -0.280 e. The van der Waals surface area contributed by atoms with Gasteiger partial charge in [0.05, 0.1) is 22.4 Å². The van der Waals surface area contributed by atoms with Crippen molar-refractivity contribution in [2.75, 3.05) is 4.31 Å². The second-order valence-corrected chi connectivity index (χ2v) is 10.2. The van der Waals surface area contributed by atoms with Crippen LogP contribution in [0.25, 0.3) is 39.5 Å². The van der Waals surface area contributed by atoms with Crippen molar-refractivity contribution in [2.45, 2.75) is 5.16 Å². The van der Waals surface area contributed by atoms with E-state index in [1.807, 2.05) is 91.0 Å². The van der Waals surface area contributed by atoms with Gasteiger partial charge in [-0.2, -0.15) is 22.7 Å². The fraction of sp³-hybridized carbons (Fsp3) is 0. The number of benzene rings is 4. The lowest BCUT2D eigenvalue weighted by Crippen LogP contribution is -2.34. The van der Waals surface area contributed by atoms with Gasteiger partial charge >= 0.3 is 10.0 Å². The molecule has 0 spiro atoms. The van der Waals surface area contributed by atoms with Crippen LogP contribution in [0.15, 0.2) is 114 Å².